The molecule has 2 saturated carbocycles. The molecule has 21 heavy (non-hydrogen) atoms. The summed E-state index contributed by atoms with van der Waals surface area (Å²) >= 11 is 0. The molecular weight excluding hydrogens is 270 g/mol. The number of amides is 1. The maximum atomic E-state index is 12.7. The van der Waals surface area contributed by atoms with Gasteiger partial charge in [0, 0.05) is 18.2 Å². The molecule has 1 aromatic rings. The number of hydrogen-bond acceptors (Lipinski definition) is 3. The molecule has 1 N–H and O–H groups in total. The minimum Gasteiger partial charge on any atom is -0.478 e. The first kappa shape index (κ1) is 14.2. The van der Waals surface area contributed by atoms with Crippen LogP contribution < -0.4 is 0 Å². The third-order valence-corrected chi connectivity index (χ3v) is 4.61. The lowest BCUT2D eigenvalue weighted by molar-refractivity contribution is 0.0560. The SMILES string of the molecule is CC1CCC(N(C(=O)c2cc(C(=O)O)co2)C2CC2)CC1. The second kappa shape index (κ2) is 5.54. The zero-order valence-electron chi connectivity index (χ0n) is 12.2. The van der Waals surface area contributed by atoms with Crippen molar-refractivity contribution in [2.45, 2.75) is 57.5 Å². The Morgan fingerprint density at radius 2 is 1.71 bits per heavy atom. The standard InChI is InChI=1S/C16H21NO4/c1-10-2-4-12(5-3-10)17(13-6-7-13)15(18)14-8-11(9-21-14)16(19)20/h8-10,12-13H,2-7H2,1H3,(H,19,20). The Labute approximate surface area is 123 Å². The maximum absolute atomic E-state index is 12.7. The molecule has 3 rings (SSSR count). The van der Waals surface area contributed by atoms with Crippen LogP contribution in [0.1, 0.15) is 66.4 Å². The number of furan rings is 1. The van der Waals surface area contributed by atoms with E-state index >= 15 is 0 Å². The molecule has 1 aromatic heterocycles. The van der Waals surface area contributed by atoms with Gasteiger partial charge in [0.1, 0.15) is 6.26 Å². The van der Waals surface area contributed by atoms with Gasteiger partial charge in [-0.1, -0.05) is 6.92 Å². The van der Waals surface area contributed by atoms with E-state index in [9.17, 15) is 9.59 Å². The molecule has 2 aliphatic carbocycles. The summed E-state index contributed by atoms with van der Waals surface area (Å²) < 4.78 is 5.19. The highest BCUT2D eigenvalue weighted by atomic mass is 16.4. The molecule has 1 heterocycles. The smallest absolute Gasteiger partial charge is 0.338 e. The van der Waals surface area contributed by atoms with E-state index in [-0.39, 0.29) is 23.3 Å². The average molecular weight is 291 g/mol. The Morgan fingerprint density at radius 3 is 2.19 bits per heavy atom. The first-order valence-corrected chi connectivity index (χ1v) is 7.70. The Bertz CT molecular complexity index is 538. The van der Waals surface area contributed by atoms with Crippen LogP contribution in [-0.2, 0) is 0 Å². The topological polar surface area (TPSA) is 70.8 Å². The van der Waals surface area contributed by atoms with Crippen molar-refractivity contribution in [2.24, 2.45) is 5.92 Å². The molecule has 0 aliphatic heterocycles. The van der Waals surface area contributed by atoms with Crippen LogP contribution in [0.15, 0.2) is 16.7 Å². The summed E-state index contributed by atoms with van der Waals surface area (Å²) in [5.74, 6) is -0.329. The first-order chi connectivity index (χ1) is 10.1. The van der Waals surface area contributed by atoms with Crippen molar-refractivity contribution in [1.82, 2.24) is 4.90 Å². The largest absolute Gasteiger partial charge is 0.478 e. The van der Waals surface area contributed by atoms with E-state index in [0.29, 0.717) is 6.04 Å². The zero-order valence-corrected chi connectivity index (χ0v) is 12.2. The van der Waals surface area contributed by atoms with Crippen LogP contribution >= 0.6 is 0 Å². The molecule has 1 amide bonds. The van der Waals surface area contributed by atoms with Crippen molar-refractivity contribution >= 4 is 11.9 Å². The quantitative estimate of drug-likeness (QED) is 0.925. The van der Waals surface area contributed by atoms with Gasteiger partial charge in [0.15, 0.2) is 5.76 Å². The van der Waals surface area contributed by atoms with Gasteiger partial charge in [0.05, 0.1) is 5.56 Å². The van der Waals surface area contributed by atoms with E-state index in [0.717, 1.165) is 50.7 Å². The molecule has 114 valence electrons. The lowest BCUT2D eigenvalue weighted by Gasteiger charge is -2.36. The highest BCUT2D eigenvalue weighted by Crippen LogP contribution is 2.36. The highest BCUT2D eigenvalue weighted by Gasteiger charge is 2.39. The lowest BCUT2D eigenvalue weighted by atomic mass is 9.86. The lowest BCUT2D eigenvalue weighted by Crippen LogP contribution is -2.43. The summed E-state index contributed by atoms with van der Waals surface area (Å²) in [6, 6.07) is 1.93. The van der Waals surface area contributed by atoms with Gasteiger partial charge in [-0.3, -0.25) is 4.79 Å². The summed E-state index contributed by atoms with van der Waals surface area (Å²) in [7, 11) is 0. The van der Waals surface area contributed by atoms with E-state index < -0.39 is 5.97 Å². The van der Waals surface area contributed by atoms with Crippen LogP contribution in [0.2, 0.25) is 0 Å². The fraction of sp³-hybridized carbons (Fsp3) is 0.625. The number of aromatic carboxylic acids is 1. The van der Waals surface area contributed by atoms with E-state index in [1.807, 2.05) is 4.90 Å². The van der Waals surface area contributed by atoms with Gasteiger partial charge in [-0.25, -0.2) is 4.79 Å². The van der Waals surface area contributed by atoms with Crippen molar-refractivity contribution in [3.63, 3.8) is 0 Å². The summed E-state index contributed by atoms with van der Waals surface area (Å²) in [6.07, 6.45) is 7.61. The van der Waals surface area contributed by atoms with E-state index in [1.54, 1.807) is 0 Å². The fourth-order valence-corrected chi connectivity index (χ4v) is 3.19. The molecule has 0 spiro atoms. The van der Waals surface area contributed by atoms with Crippen molar-refractivity contribution in [1.29, 1.82) is 0 Å². The van der Waals surface area contributed by atoms with Gasteiger partial charge < -0.3 is 14.4 Å². The molecule has 0 saturated heterocycles. The molecule has 0 unspecified atom stereocenters. The van der Waals surface area contributed by atoms with Crippen molar-refractivity contribution in [2.75, 3.05) is 0 Å². The molecule has 0 aromatic carbocycles. The van der Waals surface area contributed by atoms with Crippen LogP contribution in [0.5, 0.6) is 0 Å². The fourth-order valence-electron chi connectivity index (χ4n) is 3.19. The van der Waals surface area contributed by atoms with Crippen molar-refractivity contribution < 1.29 is 19.1 Å². The summed E-state index contributed by atoms with van der Waals surface area (Å²) in [4.78, 5) is 25.5. The van der Waals surface area contributed by atoms with E-state index in [4.69, 9.17) is 9.52 Å². The second-order valence-corrected chi connectivity index (χ2v) is 6.36. The molecule has 0 bridgehead atoms. The van der Waals surface area contributed by atoms with Gasteiger partial charge in [0.2, 0.25) is 0 Å². The molecule has 5 nitrogen and oxygen atoms in total. The Hall–Kier alpha value is -1.78. The molecular formula is C16H21NO4. The molecule has 2 fully saturated rings. The minimum atomic E-state index is -1.07. The van der Waals surface area contributed by atoms with Gasteiger partial charge in [-0.2, -0.15) is 0 Å². The number of rotatable bonds is 4. The van der Waals surface area contributed by atoms with Crippen LogP contribution in [0.3, 0.4) is 0 Å². The van der Waals surface area contributed by atoms with Crippen molar-refractivity contribution in [3.05, 3.63) is 23.7 Å². The van der Waals surface area contributed by atoms with Crippen LogP contribution in [0, 0.1) is 5.92 Å². The van der Waals surface area contributed by atoms with Crippen LogP contribution in [0.4, 0.5) is 0 Å². The van der Waals surface area contributed by atoms with Gasteiger partial charge in [0.25, 0.3) is 5.91 Å². The summed E-state index contributed by atoms with van der Waals surface area (Å²) in [6.45, 7) is 2.26. The Kier molecular flexibility index (Phi) is 3.74. The zero-order chi connectivity index (χ0) is 15.0. The second-order valence-electron chi connectivity index (χ2n) is 6.36. The van der Waals surface area contributed by atoms with Crippen molar-refractivity contribution in [3.8, 4) is 0 Å². The monoisotopic (exact) mass is 291 g/mol. The molecule has 0 radical (unpaired) electrons. The maximum Gasteiger partial charge on any atom is 0.338 e. The molecule has 5 heteroatoms. The van der Waals surface area contributed by atoms with Gasteiger partial charge in [-0.05, 0) is 44.4 Å². The third kappa shape index (κ3) is 2.96. The predicted octanol–water partition coefficient (Wildman–Crippen LogP) is 3.16. The van der Waals surface area contributed by atoms with Crippen LogP contribution in [-0.4, -0.2) is 34.0 Å². The Morgan fingerprint density at radius 1 is 1.14 bits per heavy atom. The number of carboxylic acids is 1. The third-order valence-electron chi connectivity index (χ3n) is 4.61. The van der Waals surface area contributed by atoms with Gasteiger partial charge >= 0.3 is 5.97 Å². The van der Waals surface area contributed by atoms with E-state index in [1.165, 1.54) is 6.07 Å². The number of hydrogen-bond donors (Lipinski definition) is 1. The highest BCUT2D eigenvalue weighted by molar-refractivity contribution is 5.96. The minimum absolute atomic E-state index is 0.0337. The average Bonchev–Trinajstić information content (AvgIpc) is 3.15. The Balaban J connectivity index is 1.76. The molecule has 2 aliphatic rings. The summed E-state index contributed by atoms with van der Waals surface area (Å²) in [5.41, 5.74) is 0.0337. The van der Waals surface area contributed by atoms with Gasteiger partial charge in [-0.15, -0.1) is 0 Å². The summed E-state index contributed by atoms with van der Waals surface area (Å²) in [5, 5.41) is 8.93. The normalized spacial score (nSPS) is 25.6. The number of nitrogens with zero attached hydrogens (tertiary/aromatic N) is 1. The van der Waals surface area contributed by atoms with Crippen LogP contribution in [0.25, 0.3) is 0 Å². The first-order valence-electron chi connectivity index (χ1n) is 7.70. The number of carboxylic acid groups (broad SMARTS) is 1. The predicted molar refractivity (Wildman–Crippen MR) is 76.3 cm³/mol. The number of carbonyl (C=O) groups is 2. The number of carbonyl (C=O) groups excluding carboxylic acids is 1. The molecule has 0 atom stereocenters. The van der Waals surface area contributed by atoms with E-state index in [2.05, 4.69) is 6.92 Å².